The van der Waals surface area contributed by atoms with E-state index in [1.165, 1.54) is 0 Å². The summed E-state index contributed by atoms with van der Waals surface area (Å²) in [7, 11) is 0. The standard InChI is InChI=1S/C16H18N4O3S/c1-9(2)15-18-13(19-20-15)7-22-14(21)6-12-10(3)23-16(17-12)11-4-5-24-8-11/h4-5,8-9H,6-7H2,1-3H3,(H,18,19,20). The molecule has 0 atom stereocenters. The van der Waals surface area contributed by atoms with Crippen molar-refractivity contribution in [3.63, 3.8) is 0 Å². The van der Waals surface area contributed by atoms with Crippen LogP contribution in [0.15, 0.2) is 21.2 Å². The lowest BCUT2D eigenvalue weighted by Gasteiger charge is -2.01. The van der Waals surface area contributed by atoms with Crippen LogP contribution in [0.5, 0.6) is 0 Å². The van der Waals surface area contributed by atoms with E-state index < -0.39 is 0 Å². The van der Waals surface area contributed by atoms with Gasteiger partial charge in [-0.05, 0) is 18.4 Å². The van der Waals surface area contributed by atoms with Crippen molar-refractivity contribution in [1.82, 2.24) is 20.2 Å². The molecule has 3 heterocycles. The third-order valence-electron chi connectivity index (χ3n) is 3.41. The van der Waals surface area contributed by atoms with E-state index in [9.17, 15) is 4.79 Å². The summed E-state index contributed by atoms with van der Waals surface area (Å²) in [6, 6.07) is 1.92. The number of esters is 1. The van der Waals surface area contributed by atoms with Gasteiger partial charge in [-0.25, -0.2) is 9.97 Å². The van der Waals surface area contributed by atoms with Crippen LogP contribution < -0.4 is 0 Å². The van der Waals surface area contributed by atoms with E-state index >= 15 is 0 Å². The van der Waals surface area contributed by atoms with E-state index in [0.29, 0.717) is 29.0 Å². The molecule has 0 saturated carbocycles. The number of hydrogen-bond acceptors (Lipinski definition) is 7. The molecule has 126 valence electrons. The molecule has 0 fully saturated rings. The maximum absolute atomic E-state index is 12.0. The summed E-state index contributed by atoms with van der Waals surface area (Å²) >= 11 is 1.57. The van der Waals surface area contributed by atoms with Gasteiger partial charge in [-0.1, -0.05) is 13.8 Å². The Hall–Kier alpha value is -2.48. The van der Waals surface area contributed by atoms with E-state index in [1.54, 1.807) is 18.3 Å². The summed E-state index contributed by atoms with van der Waals surface area (Å²) in [6.07, 6.45) is 0.0602. The predicted molar refractivity (Wildman–Crippen MR) is 88.5 cm³/mol. The molecule has 8 heteroatoms. The molecule has 1 N–H and O–H groups in total. The normalized spacial score (nSPS) is 11.2. The van der Waals surface area contributed by atoms with Crippen molar-refractivity contribution in [3.05, 3.63) is 39.9 Å². The number of oxazole rings is 1. The molecule has 0 bridgehead atoms. The first-order valence-corrected chi connectivity index (χ1v) is 8.53. The molecule has 0 unspecified atom stereocenters. The Morgan fingerprint density at radius 3 is 2.92 bits per heavy atom. The maximum atomic E-state index is 12.0. The van der Waals surface area contributed by atoms with Gasteiger partial charge in [-0.2, -0.15) is 16.4 Å². The minimum absolute atomic E-state index is 0.0602. The topological polar surface area (TPSA) is 93.9 Å². The van der Waals surface area contributed by atoms with Crippen molar-refractivity contribution in [3.8, 4) is 11.5 Å². The molecule has 3 aromatic rings. The number of carbonyl (C=O) groups is 1. The van der Waals surface area contributed by atoms with Gasteiger partial charge in [0.05, 0.1) is 12.1 Å². The number of rotatable bonds is 6. The Labute approximate surface area is 143 Å². The lowest BCUT2D eigenvalue weighted by atomic mass is 10.2. The average molecular weight is 346 g/mol. The number of carbonyl (C=O) groups excluding carboxylic acids is 1. The lowest BCUT2D eigenvalue weighted by molar-refractivity contribution is -0.144. The van der Waals surface area contributed by atoms with Gasteiger partial charge < -0.3 is 9.15 Å². The van der Waals surface area contributed by atoms with Crippen molar-refractivity contribution in [2.45, 2.75) is 39.7 Å². The van der Waals surface area contributed by atoms with Gasteiger partial charge in [-0.3, -0.25) is 9.89 Å². The van der Waals surface area contributed by atoms with Gasteiger partial charge in [0.1, 0.15) is 5.76 Å². The van der Waals surface area contributed by atoms with Gasteiger partial charge in [0.15, 0.2) is 18.3 Å². The summed E-state index contributed by atoms with van der Waals surface area (Å²) in [5.41, 5.74) is 1.49. The van der Waals surface area contributed by atoms with Crippen molar-refractivity contribution in [2.24, 2.45) is 0 Å². The predicted octanol–water partition coefficient (Wildman–Crippen LogP) is 3.24. The number of H-pyrrole nitrogens is 1. The Kier molecular flexibility index (Phi) is 4.75. The minimum Gasteiger partial charge on any atom is -0.457 e. The third-order valence-corrected chi connectivity index (χ3v) is 4.09. The number of nitrogens with zero attached hydrogens (tertiary/aromatic N) is 3. The van der Waals surface area contributed by atoms with Crippen molar-refractivity contribution < 1.29 is 13.9 Å². The molecule has 0 spiro atoms. The van der Waals surface area contributed by atoms with Crippen molar-refractivity contribution >= 4 is 17.3 Å². The van der Waals surface area contributed by atoms with Crippen LogP contribution in [0.2, 0.25) is 0 Å². The Bertz CT molecular complexity index is 820. The van der Waals surface area contributed by atoms with Crippen LogP contribution in [0.4, 0.5) is 0 Å². The first-order valence-electron chi connectivity index (χ1n) is 7.58. The molecular formula is C16H18N4O3S. The van der Waals surface area contributed by atoms with Crippen LogP contribution >= 0.6 is 11.3 Å². The SMILES string of the molecule is Cc1oc(-c2ccsc2)nc1CC(=O)OCc1nc(C(C)C)n[nH]1. The fraction of sp³-hybridized carbons (Fsp3) is 0.375. The highest BCUT2D eigenvalue weighted by Crippen LogP contribution is 2.24. The molecule has 24 heavy (non-hydrogen) atoms. The third kappa shape index (κ3) is 3.70. The highest BCUT2D eigenvalue weighted by Gasteiger charge is 2.16. The lowest BCUT2D eigenvalue weighted by Crippen LogP contribution is -2.09. The zero-order valence-electron chi connectivity index (χ0n) is 13.7. The van der Waals surface area contributed by atoms with Crippen LogP contribution in [0.3, 0.4) is 0 Å². The summed E-state index contributed by atoms with van der Waals surface area (Å²) in [5, 5.41) is 10.7. The van der Waals surface area contributed by atoms with Crippen LogP contribution in [-0.4, -0.2) is 26.1 Å². The highest BCUT2D eigenvalue weighted by atomic mass is 32.1. The minimum atomic E-state index is -0.384. The first-order chi connectivity index (χ1) is 11.5. The fourth-order valence-electron chi connectivity index (χ4n) is 2.07. The van der Waals surface area contributed by atoms with Gasteiger partial charge in [0.25, 0.3) is 0 Å². The van der Waals surface area contributed by atoms with Gasteiger partial charge in [0.2, 0.25) is 5.89 Å². The molecule has 0 aliphatic rings. The van der Waals surface area contributed by atoms with Crippen molar-refractivity contribution in [2.75, 3.05) is 0 Å². The largest absolute Gasteiger partial charge is 0.457 e. The molecule has 0 radical (unpaired) electrons. The second-order valence-corrected chi connectivity index (χ2v) is 6.45. The van der Waals surface area contributed by atoms with E-state index in [0.717, 1.165) is 5.56 Å². The number of hydrogen-bond donors (Lipinski definition) is 1. The Morgan fingerprint density at radius 1 is 1.42 bits per heavy atom. The summed E-state index contributed by atoms with van der Waals surface area (Å²) in [4.78, 5) is 20.7. The Morgan fingerprint density at radius 2 is 2.25 bits per heavy atom. The van der Waals surface area contributed by atoms with Gasteiger partial charge in [-0.15, -0.1) is 0 Å². The molecule has 3 rings (SSSR count). The molecule has 0 aromatic carbocycles. The fourth-order valence-corrected chi connectivity index (χ4v) is 2.70. The molecule has 0 amide bonds. The molecule has 0 aliphatic carbocycles. The number of thiophene rings is 1. The second-order valence-electron chi connectivity index (χ2n) is 5.67. The Balaban J connectivity index is 1.58. The summed E-state index contributed by atoms with van der Waals surface area (Å²) in [5.74, 6) is 2.21. The number of aryl methyl sites for hydroxylation is 1. The molecule has 0 saturated heterocycles. The zero-order chi connectivity index (χ0) is 17.1. The van der Waals surface area contributed by atoms with E-state index in [2.05, 4.69) is 20.2 Å². The highest BCUT2D eigenvalue weighted by molar-refractivity contribution is 7.08. The van der Waals surface area contributed by atoms with Crippen LogP contribution in [0.1, 0.15) is 42.9 Å². The first kappa shape index (κ1) is 16.4. The van der Waals surface area contributed by atoms with Crippen molar-refractivity contribution in [1.29, 1.82) is 0 Å². The quantitative estimate of drug-likeness (QED) is 0.689. The van der Waals surface area contributed by atoms with Crippen LogP contribution in [0.25, 0.3) is 11.5 Å². The molecular weight excluding hydrogens is 328 g/mol. The average Bonchev–Trinajstić information content (AvgIpc) is 3.26. The second kappa shape index (κ2) is 6.96. The van der Waals surface area contributed by atoms with Crippen LogP contribution in [-0.2, 0) is 22.6 Å². The number of aromatic amines is 1. The molecule has 3 aromatic heterocycles. The monoisotopic (exact) mass is 346 g/mol. The van der Waals surface area contributed by atoms with E-state index in [4.69, 9.17) is 9.15 Å². The smallest absolute Gasteiger partial charge is 0.312 e. The number of aromatic nitrogens is 4. The molecule has 7 nitrogen and oxygen atoms in total. The molecule has 0 aliphatic heterocycles. The van der Waals surface area contributed by atoms with Crippen LogP contribution in [0, 0.1) is 6.92 Å². The summed E-state index contributed by atoms with van der Waals surface area (Å²) < 4.78 is 10.8. The number of ether oxygens (including phenoxy) is 1. The zero-order valence-corrected chi connectivity index (χ0v) is 14.5. The van der Waals surface area contributed by atoms with E-state index in [1.807, 2.05) is 30.7 Å². The summed E-state index contributed by atoms with van der Waals surface area (Å²) in [6.45, 7) is 5.85. The van der Waals surface area contributed by atoms with E-state index in [-0.39, 0.29) is 24.9 Å². The van der Waals surface area contributed by atoms with Gasteiger partial charge >= 0.3 is 5.97 Å². The number of nitrogens with one attached hydrogen (secondary N) is 1. The maximum Gasteiger partial charge on any atom is 0.312 e. The van der Waals surface area contributed by atoms with Gasteiger partial charge in [0, 0.05) is 16.9 Å².